The first kappa shape index (κ1) is 14.8. The Morgan fingerprint density at radius 1 is 1.13 bits per heavy atom. The Morgan fingerprint density at radius 3 is 2.83 bits per heavy atom. The van der Waals surface area contributed by atoms with Crippen molar-refractivity contribution in [2.75, 3.05) is 11.9 Å². The zero-order valence-corrected chi connectivity index (χ0v) is 12.7. The van der Waals surface area contributed by atoms with Crippen LogP contribution in [0.4, 0.5) is 10.5 Å². The SMILES string of the molecule is CCOc1cccc(NC(=O)Oc2cccc3cccnc23)c1. The van der Waals surface area contributed by atoms with E-state index in [2.05, 4.69) is 10.3 Å². The monoisotopic (exact) mass is 308 g/mol. The van der Waals surface area contributed by atoms with Crippen LogP contribution < -0.4 is 14.8 Å². The first-order chi connectivity index (χ1) is 11.3. The molecule has 0 aliphatic heterocycles. The van der Waals surface area contributed by atoms with Gasteiger partial charge in [0.2, 0.25) is 0 Å². The summed E-state index contributed by atoms with van der Waals surface area (Å²) in [4.78, 5) is 16.3. The smallest absolute Gasteiger partial charge is 0.417 e. The number of rotatable bonds is 4. The molecule has 5 nitrogen and oxygen atoms in total. The van der Waals surface area contributed by atoms with Crippen molar-refractivity contribution in [3.8, 4) is 11.5 Å². The molecule has 1 N–H and O–H groups in total. The summed E-state index contributed by atoms with van der Waals surface area (Å²) in [5.74, 6) is 1.11. The lowest BCUT2D eigenvalue weighted by Gasteiger charge is -2.09. The van der Waals surface area contributed by atoms with Crippen molar-refractivity contribution in [2.24, 2.45) is 0 Å². The molecule has 5 heteroatoms. The number of ether oxygens (including phenoxy) is 2. The molecule has 0 aliphatic carbocycles. The average molecular weight is 308 g/mol. The van der Waals surface area contributed by atoms with Crippen LogP contribution in [-0.2, 0) is 0 Å². The predicted octanol–water partition coefficient (Wildman–Crippen LogP) is 4.24. The Bertz CT molecular complexity index is 828. The second kappa shape index (κ2) is 6.79. The van der Waals surface area contributed by atoms with Gasteiger partial charge in [0, 0.05) is 23.3 Å². The Balaban J connectivity index is 1.75. The molecule has 116 valence electrons. The molecule has 0 unspecified atom stereocenters. The van der Waals surface area contributed by atoms with Crippen molar-refractivity contribution < 1.29 is 14.3 Å². The van der Waals surface area contributed by atoms with E-state index in [1.165, 1.54) is 0 Å². The van der Waals surface area contributed by atoms with Gasteiger partial charge in [0.25, 0.3) is 0 Å². The number of pyridine rings is 1. The van der Waals surface area contributed by atoms with Gasteiger partial charge >= 0.3 is 6.09 Å². The lowest BCUT2D eigenvalue weighted by atomic mass is 10.2. The van der Waals surface area contributed by atoms with Crippen LogP contribution in [-0.4, -0.2) is 17.7 Å². The van der Waals surface area contributed by atoms with Crippen LogP contribution in [0.2, 0.25) is 0 Å². The quantitative estimate of drug-likeness (QED) is 0.783. The molecule has 0 aliphatic rings. The maximum Gasteiger partial charge on any atom is 0.417 e. The number of hydrogen-bond acceptors (Lipinski definition) is 4. The fourth-order valence-electron chi connectivity index (χ4n) is 2.23. The summed E-state index contributed by atoms with van der Waals surface area (Å²) in [6, 6.07) is 16.3. The van der Waals surface area contributed by atoms with Gasteiger partial charge < -0.3 is 9.47 Å². The first-order valence-electron chi connectivity index (χ1n) is 7.31. The number of nitrogens with zero attached hydrogens (tertiary/aromatic N) is 1. The van der Waals surface area contributed by atoms with Gasteiger partial charge in [0.1, 0.15) is 11.3 Å². The number of amides is 1. The van der Waals surface area contributed by atoms with Crippen LogP contribution in [0.5, 0.6) is 11.5 Å². The summed E-state index contributed by atoms with van der Waals surface area (Å²) in [7, 11) is 0. The Labute approximate surface area is 133 Å². The zero-order valence-electron chi connectivity index (χ0n) is 12.7. The molecular weight excluding hydrogens is 292 g/mol. The van der Waals surface area contributed by atoms with E-state index in [-0.39, 0.29) is 0 Å². The summed E-state index contributed by atoms with van der Waals surface area (Å²) in [5, 5.41) is 3.60. The van der Waals surface area contributed by atoms with Gasteiger partial charge in [-0.15, -0.1) is 0 Å². The lowest BCUT2D eigenvalue weighted by molar-refractivity contribution is 0.215. The highest BCUT2D eigenvalue weighted by Gasteiger charge is 2.09. The van der Waals surface area contributed by atoms with Crippen LogP contribution in [0.1, 0.15) is 6.92 Å². The van der Waals surface area contributed by atoms with Crippen LogP contribution in [0, 0.1) is 0 Å². The van der Waals surface area contributed by atoms with Crippen LogP contribution in [0.15, 0.2) is 60.8 Å². The molecule has 1 amide bonds. The highest BCUT2D eigenvalue weighted by atomic mass is 16.6. The molecule has 0 saturated carbocycles. The molecule has 3 aromatic rings. The molecule has 0 radical (unpaired) electrons. The minimum absolute atomic E-state index is 0.418. The van der Waals surface area contributed by atoms with E-state index in [9.17, 15) is 4.79 Å². The molecule has 23 heavy (non-hydrogen) atoms. The zero-order chi connectivity index (χ0) is 16.1. The van der Waals surface area contributed by atoms with Gasteiger partial charge in [-0.05, 0) is 31.2 Å². The summed E-state index contributed by atoms with van der Waals surface area (Å²) in [6.07, 6.45) is 1.09. The van der Waals surface area contributed by atoms with E-state index in [1.807, 2.05) is 37.3 Å². The Kier molecular flexibility index (Phi) is 4.38. The van der Waals surface area contributed by atoms with Gasteiger partial charge in [-0.3, -0.25) is 10.3 Å². The molecule has 2 aromatic carbocycles. The van der Waals surface area contributed by atoms with E-state index in [0.717, 1.165) is 5.39 Å². The van der Waals surface area contributed by atoms with Crippen molar-refractivity contribution >= 4 is 22.7 Å². The lowest BCUT2D eigenvalue weighted by Crippen LogP contribution is -2.17. The molecule has 0 fully saturated rings. The average Bonchev–Trinajstić information content (AvgIpc) is 2.56. The molecule has 0 spiro atoms. The minimum atomic E-state index is -0.572. The molecule has 1 heterocycles. The summed E-state index contributed by atoms with van der Waals surface area (Å²) in [5.41, 5.74) is 1.25. The molecular formula is C18H16N2O3. The van der Waals surface area contributed by atoms with Crippen molar-refractivity contribution in [2.45, 2.75) is 6.92 Å². The minimum Gasteiger partial charge on any atom is -0.494 e. The maximum absolute atomic E-state index is 12.1. The topological polar surface area (TPSA) is 60.5 Å². The Hall–Kier alpha value is -3.08. The van der Waals surface area contributed by atoms with Crippen LogP contribution >= 0.6 is 0 Å². The van der Waals surface area contributed by atoms with Crippen LogP contribution in [0.25, 0.3) is 10.9 Å². The van der Waals surface area contributed by atoms with Crippen molar-refractivity contribution in [1.82, 2.24) is 4.98 Å². The molecule has 0 bridgehead atoms. The van der Waals surface area contributed by atoms with Crippen molar-refractivity contribution in [3.05, 3.63) is 60.8 Å². The largest absolute Gasteiger partial charge is 0.494 e. The standard InChI is InChI=1S/C18H16N2O3/c1-2-22-15-9-4-8-14(12-15)20-18(21)23-16-10-3-6-13-7-5-11-19-17(13)16/h3-12H,2H2,1H3,(H,20,21). The number of para-hydroxylation sites is 1. The Morgan fingerprint density at radius 2 is 1.96 bits per heavy atom. The van der Waals surface area contributed by atoms with Gasteiger partial charge in [-0.1, -0.05) is 24.3 Å². The van der Waals surface area contributed by atoms with E-state index < -0.39 is 6.09 Å². The summed E-state index contributed by atoms with van der Waals surface area (Å²) >= 11 is 0. The van der Waals surface area contributed by atoms with Gasteiger partial charge in [0.15, 0.2) is 5.75 Å². The highest BCUT2D eigenvalue weighted by molar-refractivity contribution is 5.91. The van der Waals surface area contributed by atoms with Crippen molar-refractivity contribution in [1.29, 1.82) is 0 Å². The van der Waals surface area contributed by atoms with E-state index in [1.54, 1.807) is 30.5 Å². The molecule has 3 rings (SSSR count). The van der Waals surface area contributed by atoms with E-state index >= 15 is 0 Å². The highest BCUT2D eigenvalue weighted by Crippen LogP contribution is 2.24. The fraction of sp³-hybridized carbons (Fsp3) is 0.111. The summed E-state index contributed by atoms with van der Waals surface area (Å²) in [6.45, 7) is 2.47. The van der Waals surface area contributed by atoms with Crippen LogP contribution in [0.3, 0.4) is 0 Å². The van der Waals surface area contributed by atoms with Gasteiger partial charge in [-0.25, -0.2) is 4.79 Å². The molecule has 0 saturated heterocycles. The number of anilines is 1. The number of fused-ring (bicyclic) bond motifs is 1. The first-order valence-corrected chi connectivity index (χ1v) is 7.31. The van der Waals surface area contributed by atoms with Gasteiger partial charge in [-0.2, -0.15) is 0 Å². The van der Waals surface area contributed by atoms with E-state index in [0.29, 0.717) is 29.3 Å². The second-order valence-corrected chi connectivity index (χ2v) is 4.81. The number of benzene rings is 2. The third-order valence-electron chi connectivity index (χ3n) is 3.19. The predicted molar refractivity (Wildman–Crippen MR) is 89.0 cm³/mol. The number of carbonyl (C=O) groups excluding carboxylic acids is 1. The molecule has 0 atom stereocenters. The fourth-order valence-corrected chi connectivity index (χ4v) is 2.23. The van der Waals surface area contributed by atoms with Gasteiger partial charge in [0.05, 0.1) is 6.61 Å². The number of hydrogen-bond donors (Lipinski definition) is 1. The normalized spacial score (nSPS) is 10.3. The number of aromatic nitrogens is 1. The number of nitrogens with one attached hydrogen (secondary N) is 1. The third-order valence-corrected chi connectivity index (χ3v) is 3.19. The van der Waals surface area contributed by atoms with Crippen molar-refractivity contribution in [3.63, 3.8) is 0 Å². The molecule has 1 aromatic heterocycles. The summed E-state index contributed by atoms with van der Waals surface area (Å²) < 4.78 is 10.8. The third kappa shape index (κ3) is 3.58. The number of carbonyl (C=O) groups is 1. The maximum atomic E-state index is 12.1. The van der Waals surface area contributed by atoms with E-state index in [4.69, 9.17) is 9.47 Å². The second-order valence-electron chi connectivity index (χ2n) is 4.81.